The predicted octanol–water partition coefficient (Wildman–Crippen LogP) is 3.97. The minimum atomic E-state index is -0.300. The number of aryl methyl sites for hydroxylation is 1. The molecule has 0 aliphatic rings. The fourth-order valence-corrected chi connectivity index (χ4v) is 2.14. The van der Waals surface area contributed by atoms with Gasteiger partial charge in [0.1, 0.15) is 11.3 Å². The summed E-state index contributed by atoms with van der Waals surface area (Å²) in [7, 11) is 0. The highest BCUT2D eigenvalue weighted by Crippen LogP contribution is 2.27. The molecule has 0 N–H and O–H groups in total. The van der Waals surface area contributed by atoms with E-state index >= 15 is 0 Å². The molecule has 19 heavy (non-hydrogen) atoms. The highest BCUT2D eigenvalue weighted by atomic mass is 19.1. The van der Waals surface area contributed by atoms with Crippen LogP contribution in [-0.2, 0) is 6.42 Å². The van der Waals surface area contributed by atoms with E-state index in [9.17, 15) is 4.39 Å². The van der Waals surface area contributed by atoms with Crippen molar-refractivity contribution in [1.29, 1.82) is 0 Å². The summed E-state index contributed by atoms with van der Waals surface area (Å²) in [6.45, 7) is 9.95. The van der Waals surface area contributed by atoms with Crippen LogP contribution in [0, 0.1) is 5.82 Å². The molecule has 0 atom stereocenters. The van der Waals surface area contributed by atoms with Crippen LogP contribution < -0.4 is 0 Å². The van der Waals surface area contributed by atoms with Crippen LogP contribution >= 0.6 is 0 Å². The molecule has 3 nitrogen and oxygen atoms in total. The van der Waals surface area contributed by atoms with Gasteiger partial charge in [-0.25, -0.2) is 14.4 Å². The normalized spacial score (nSPS) is 11.8. The Labute approximate surface area is 113 Å². The first-order valence-corrected chi connectivity index (χ1v) is 6.80. The lowest BCUT2D eigenvalue weighted by atomic mass is 10.0. The first-order chi connectivity index (χ1) is 8.95. The van der Waals surface area contributed by atoms with E-state index in [0.717, 1.165) is 11.1 Å². The maximum absolute atomic E-state index is 14.5. The maximum Gasteiger partial charge on any atom is 0.171 e. The zero-order valence-electron chi connectivity index (χ0n) is 12.2. The molecular weight excluding hydrogens is 241 g/mol. The Kier molecular flexibility index (Phi) is 3.78. The third kappa shape index (κ3) is 2.44. The monoisotopic (exact) mass is 261 g/mol. The van der Waals surface area contributed by atoms with Gasteiger partial charge >= 0.3 is 0 Å². The van der Waals surface area contributed by atoms with E-state index in [-0.39, 0.29) is 17.7 Å². The van der Waals surface area contributed by atoms with Crippen molar-refractivity contribution in [1.82, 2.24) is 15.0 Å². The fourth-order valence-electron chi connectivity index (χ4n) is 2.14. The molecule has 102 valence electrons. The number of hydrogen-bond donors (Lipinski definition) is 0. The summed E-state index contributed by atoms with van der Waals surface area (Å²) in [4.78, 5) is 13.1. The van der Waals surface area contributed by atoms with Crippen molar-refractivity contribution in [3.05, 3.63) is 29.2 Å². The molecule has 0 saturated heterocycles. The molecule has 0 aliphatic carbocycles. The summed E-state index contributed by atoms with van der Waals surface area (Å²) in [5.41, 5.74) is 1.76. The topological polar surface area (TPSA) is 38.7 Å². The number of aromatic nitrogens is 3. The Balaban J connectivity index is 2.82. The van der Waals surface area contributed by atoms with Crippen LogP contribution in [0.1, 0.15) is 63.7 Å². The van der Waals surface area contributed by atoms with Crippen molar-refractivity contribution in [3.8, 4) is 0 Å². The summed E-state index contributed by atoms with van der Waals surface area (Å²) in [5.74, 6) is 0.663. The standard InChI is InChI=1S/C15H20FN3/c1-6-11-18-13(8(2)3)10-7-17-14(9(4)5)12(16)15(10)19-11/h7-9H,6H2,1-5H3. The van der Waals surface area contributed by atoms with E-state index in [2.05, 4.69) is 28.8 Å². The van der Waals surface area contributed by atoms with Gasteiger partial charge in [-0.15, -0.1) is 0 Å². The predicted molar refractivity (Wildman–Crippen MR) is 74.8 cm³/mol. The van der Waals surface area contributed by atoms with Gasteiger partial charge in [-0.3, -0.25) is 4.98 Å². The third-order valence-corrected chi connectivity index (χ3v) is 3.20. The van der Waals surface area contributed by atoms with Gasteiger partial charge in [-0.2, -0.15) is 0 Å². The second kappa shape index (κ2) is 5.19. The quantitative estimate of drug-likeness (QED) is 0.839. The zero-order chi connectivity index (χ0) is 14.2. The lowest BCUT2D eigenvalue weighted by Gasteiger charge is -2.13. The molecule has 2 heterocycles. The van der Waals surface area contributed by atoms with Crippen molar-refractivity contribution in [3.63, 3.8) is 0 Å². The number of hydrogen-bond acceptors (Lipinski definition) is 3. The van der Waals surface area contributed by atoms with Gasteiger partial charge < -0.3 is 0 Å². The fraction of sp³-hybridized carbons (Fsp3) is 0.533. The van der Waals surface area contributed by atoms with Crippen LogP contribution in [-0.4, -0.2) is 15.0 Å². The van der Waals surface area contributed by atoms with Crippen LogP contribution in [0.4, 0.5) is 4.39 Å². The third-order valence-electron chi connectivity index (χ3n) is 3.20. The number of fused-ring (bicyclic) bond motifs is 1. The Morgan fingerprint density at radius 1 is 1.05 bits per heavy atom. The number of pyridine rings is 1. The zero-order valence-corrected chi connectivity index (χ0v) is 12.2. The molecule has 0 aromatic carbocycles. The van der Waals surface area contributed by atoms with Crippen LogP contribution in [0.15, 0.2) is 6.20 Å². The number of nitrogens with zero attached hydrogens (tertiary/aromatic N) is 3. The average molecular weight is 261 g/mol. The second-order valence-corrected chi connectivity index (χ2v) is 5.41. The summed E-state index contributed by atoms with van der Waals surface area (Å²) in [6.07, 6.45) is 2.41. The molecule has 0 aliphatic heterocycles. The minimum absolute atomic E-state index is 0.0481. The van der Waals surface area contributed by atoms with E-state index < -0.39 is 0 Å². The Bertz CT molecular complexity index is 606. The van der Waals surface area contributed by atoms with Crippen molar-refractivity contribution < 1.29 is 4.39 Å². The van der Waals surface area contributed by atoms with Crippen molar-refractivity contribution in [2.75, 3.05) is 0 Å². The summed E-state index contributed by atoms with van der Waals surface area (Å²) in [6, 6.07) is 0. The van der Waals surface area contributed by atoms with Gasteiger partial charge in [0.05, 0.1) is 11.4 Å². The second-order valence-electron chi connectivity index (χ2n) is 5.41. The van der Waals surface area contributed by atoms with E-state index in [1.54, 1.807) is 6.20 Å². The summed E-state index contributed by atoms with van der Waals surface area (Å²) >= 11 is 0. The molecule has 2 aromatic heterocycles. The van der Waals surface area contributed by atoms with Gasteiger partial charge in [-0.1, -0.05) is 34.6 Å². The van der Waals surface area contributed by atoms with Crippen molar-refractivity contribution in [2.45, 2.75) is 52.9 Å². The summed E-state index contributed by atoms with van der Waals surface area (Å²) in [5, 5.41) is 0.731. The minimum Gasteiger partial charge on any atom is -0.257 e. The molecule has 0 spiro atoms. The first-order valence-electron chi connectivity index (χ1n) is 6.80. The molecule has 0 unspecified atom stereocenters. The van der Waals surface area contributed by atoms with Crippen LogP contribution in [0.3, 0.4) is 0 Å². The molecule has 0 fully saturated rings. The molecule has 0 saturated carbocycles. The van der Waals surface area contributed by atoms with Gasteiger partial charge in [0.2, 0.25) is 0 Å². The largest absolute Gasteiger partial charge is 0.257 e. The van der Waals surface area contributed by atoms with E-state index in [1.807, 2.05) is 20.8 Å². The molecule has 2 rings (SSSR count). The smallest absolute Gasteiger partial charge is 0.171 e. The average Bonchev–Trinajstić information content (AvgIpc) is 2.37. The number of halogens is 1. The lowest BCUT2D eigenvalue weighted by molar-refractivity contribution is 0.592. The Morgan fingerprint density at radius 3 is 2.21 bits per heavy atom. The van der Waals surface area contributed by atoms with Crippen molar-refractivity contribution in [2.24, 2.45) is 0 Å². The van der Waals surface area contributed by atoms with E-state index in [0.29, 0.717) is 23.5 Å². The highest BCUT2D eigenvalue weighted by Gasteiger charge is 2.18. The molecule has 4 heteroatoms. The van der Waals surface area contributed by atoms with Gasteiger partial charge in [0.15, 0.2) is 5.82 Å². The van der Waals surface area contributed by atoms with Crippen LogP contribution in [0.25, 0.3) is 10.9 Å². The number of rotatable bonds is 3. The highest BCUT2D eigenvalue weighted by molar-refractivity contribution is 5.81. The SMILES string of the molecule is CCc1nc(C(C)C)c2cnc(C(C)C)c(F)c2n1. The van der Waals surface area contributed by atoms with Gasteiger partial charge in [0.25, 0.3) is 0 Å². The Morgan fingerprint density at radius 2 is 1.68 bits per heavy atom. The lowest BCUT2D eigenvalue weighted by Crippen LogP contribution is -2.06. The maximum atomic E-state index is 14.5. The first kappa shape index (κ1) is 13.8. The van der Waals surface area contributed by atoms with E-state index in [4.69, 9.17) is 0 Å². The van der Waals surface area contributed by atoms with Gasteiger partial charge in [0, 0.05) is 18.0 Å². The van der Waals surface area contributed by atoms with Crippen LogP contribution in [0.5, 0.6) is 0 Å². The van der Waals surface area contributed by atoms with Crippen LogP contribution in [0.2, 0.25) is 0 Å². The molecule has 2 aromatic rings. The van der Waals surface area contributed by atoms with Gasteiger partial charge in [-0.05, 0) is 11.8 Å². The van der Waals surface area contributed by atoms with Crippen molar-refractivity contribution >= 4 is 10.9 Å². The van der Waals surface area contributed by atoms with E-state index in [1.165, 1.54) is 0 Å². The molecular formula is C15H20FN3. The molecule has 0 bridgehead atoms. The summed E-state index contributed by atoms with van der Waals surface area (Å²) < 4.78 is 14.5. The molecule has 0 amide bonds. The Hall–Kier alpha value is -1.58. The molecule has 0 radical (unpaired) electrons.